The van der Waals surface area contributed by atoms with E-state index in [0.717, 1.165) is 48.3 Å². The molecule has 0 bridgehead atoms. The number of anilines is 2. The monoisotopic (exact) mass is 495 g/mol. The van der Waals surface area contributed by atoms with Crippen LogP contribution in [0.25, 0.3) is 11.0 Å². The predicted molar refractivity (Wildman–Crippen MR) is 136 cm³/mol. The van der Waals surface area contributed by atoms with Crippen LogP contribution in [0.3, 0.4) is 0 Å². The molecule has 10 nitrogen and oxygen atoms in total. The number of aromatic nitrogens is 4. The van der Waals surface area contributed by atoms with Gasteiger partial charge in [0.1, 0.15) is 17.5 Å². The Morgan fingerprint density at radius 1 is 1.06 bits per heavy atom. The van der Waals surface area contributed by atoms with Crippen molar-refractivity contribution in [2.45, 2.75) is 25.9 Å². The molecular formula is C24H26ClN7O3. The van der Waals surface area contributed by atoms with Crippen molar-refractivity contribution in [3.8, 4) is 5.75 Å². The van der Waals surface area contributed by atoms with Gasteiger partial charge < -0.3 is 25.3 Å². The first-order valence-corrected chi connectivity index (χ1v) is 11.2. The van der Waals surface area contributed by atoms with Crippen molar-refractivity contribution in [3.05, 3.63) is 65.7 Å². The molecule has 3 heterocycles. The van der Waals surface area contributed by atoms with Crippen LogP contribution in [-0.4, -0.2) is 50.9 Å². The van der Waals surface area contributed by atoms with Gasteiger partial charge in [-0.25, -0.2) is 9.97 Å². The maximum atomic E-state index is 12.9. The third-order valence-corrected chi connectivity index (χ3v) is 5.74. The lowest BCUT2D eigenvalue weighted by Crippen LogP contribution is -2.34. The summed E-state index contributed by atoms with van der Waals surface area (Å²) in [5, 5.41) is 8.82. The molecule has 11 heteroatoms. The van der Waals surface area contributed by atoms with Crippen LogP contribution in [0, 0.1) is 6.92 Å². The lowest BCUT2D eigenvalue weighted by Gasteiger charge is -2.24. The zero-order valence-electron chi connectivity index (χ0n) is 19.1. The molecule has 1 aliphatic rings. The number of benzene rings is 2. The van der Waals surface area contributed by atoms with E-state index in [9.17, 15) is 9.59 Å². The summed E-state index contributed by atoms with van der Waals surface area (Å²) in [6.07, 6.45) is 3.44. The van der Waals surface area contributed by atoms with Gasteiger partial charge >= 0.3 is 0 Å². The number of hydrogen-bond donors (Lipinski definition) is 5. The number of fused-ring (bicyclic) bond motifs is 1. The number of nitrogens with one attached hydrogen (secondary N) is 5. The van der Waals surface area contributed by atoms with Crippen molar-refractivity contribution < 1.29 is 14.3 Å². The molecule has 0 saturated carbocycles. The molecule has 1 aliphatic heterocycles. The number of hydrogen-bond acceptors (Lipinski definition) is 6. The summed E-state index contributed by atoms with van der Waals surface area (Å²) in [6.45, 7) is 3.80. The highest BCUT2D eigenvalue weighted by Crippen LogP contribution is 2.24. The Hall–Kier alpha value is -3.89. The van der Waals surface area contributed by atoms with Gasteiger partial charge in [0.2, 0.25) is 5.95 Å². The highest BCUT2D eigenvalue weighted by atomic mass is 35.5. The van der Waals surface area contributed by atoms with E-state index in [2.05, 4.69) is 35.9 Å². The van der Waals surface area contributed by atoms with Crippen molar-refractivity contribution in [2.75, 3.05) is 23.7 Å². The number of piperidine rings is 1. The minimum absolute atomic E-state index is 0. The molecule has 182 valence electrons. The molecule has 1 saturated heterocycles. The van der Waals surface area contributed by atoms with Gasteiger partial charge in [-0.3, -0.25) is 14.9 Å². The number of imidazole rings is 2. The van der Waals surface area contributed by atoms with Crippen LogP contribution in [0.15, 0.2) is 48.8 Å². The van der Waals surface area contributed by atoms with Crippen LogP contribution in [0.5, 0.6) is 5.75 Å². The Balaban J connectivity index is 0.00000289. The standard InChI is InChI=1S/C24H25N7O3.ClH/c1-14-12-16(34-15-8-10-25-11-9-15)6-7-17(14)28-22(32)20-21(27-13-26-20)23(33)31-24-29-18-4-2-3-5-19(18)30-24;/h2-7,12-13,15,25H,8-11H2,1H3,(H,26,27)(H,28,32)(H2,29,30,31,33);1H. The fourth-order valence-corrected chi connectivity index (χ4v) is 3.96. The molecule has 5 rings (SSSR count). The molecule has 0 radical (unpaired) electrons. The van der Waals surface area contributed by atoms with Gasteiger partial charge in [-0.2, -0.15) is 0 Å². The van der Waals surface area contributed by atoms with E-state index < -0.39 is 11.8 Å². The zero-order valence-corrected chi connectivity index (χ0v) is 19.9. The summed E-state index contributed by atoms with van der Waals surface area (Å²) < 4.78 is 6.07. The quantitative estimate of drug-likeness (QED) is 0.277. The second-order valence-corrected chi connectivity index (χ2v) is 8.18. The fraction of sp³-hybridized carbons (Fsp3) is 0.250. The molecule has 2 aromatic heterocycles. The summed E-state index contributed by atoms with van der Waals surface area (Å²) >= 11 is 0. The Labute approximate surface area is 207 Å². The van der Waals surface area contributed by atoms with E-state index in [0.29, 0.717) is 5.69 Å². The normalized spacial score (nSPS) is 13.7. The molecule has 2 amide bonds. The Kier molecular flexibility index (Phi) is 7.33. The number of H-pyrrole nitrogens is 2. The predicted octanol–water partition coefficient (Wildman–Crippen LogP) is 3.65. The largest absolute Gasteiger partial charge is 0.490 e. The van der Waals surface area contributed by atoms with Crippen molar-refractivity contribution in [2.24, 2.45) is 0 Å². The number of para-hydroxylation sites is 2. The number of aryl methyl sites for hydroxylation is 1. The Morgan fingerprint density at radius 3 is 2.63 bits per heavy atom. The molecule has 1 fully saturated rings. The third-order valence-electron chi connectivity index (χ3n) is 5.74. The van der Waals surface area contributed by atoms with E-state index in [-0.39, 0.29) is 35.8 Å². The van der Waals surface area contributed by atoms with Crippen LogP contribution in [0.4, 0.5) is 11.6 Å². The molecule has 5 N–H and O–H groups in total. The van der Waals surface area contributed by atoms with Gasteiger partial charge in [0.05, 0.1) is 17.4 Å². The third kappa shape index (κ3) is 5.44. The average Bonchev–Trinajstić information content (AvgIpc) is 3.48. The fourth-order valence-electron chi connectivity index (χ4n) is 3.96. The first kappa shape index (κ1) is 24.2. The topological polar surface area (TPSA) is 137 Å². The molecule has 35 heavy (non-hydrogen) atoms. The van der Waals surface area contributed by atoms with Gasteiger partial charge in [-0.05, 0) is 68.8 Å². The van der Waals surface area contributed by atoms with Gasteiger partial charge in [0, 0.05) is 5.69 Å². The van der Waals surface area contributed by atoms with E-state index in [1.165, 1.54) is 6.33 Å². The number of ether oxygens (including phenoxy) is 1. The Morgan fingerprint density at radius 2 is 1.86 bits per heavy atom. The molecule has 0 aliphatic carbocycles. The number of nitrogens with zero attached hydrogens (tertiary/aromatic N) is 2. The highest BCUT2D eigenvalue weighted by molar-refractivity contribution is 6.13. The SMILES string of the molecule is Cc1cc(OC2CCNCC2)ccc1NC(=O)c1nc[nH]c1C(=O)Nc1nc2ccccc2[nH]1.Cl. The number of halogens is 1. The second-order valence-electron chi connectivity index (χ2n) is 8.18. The smallest absolute Gasteiger partial charge is 0.276 e. The maximum Gasteiger partial charge on any atom is 0.276 e. The summed E-state index contributed by atoms with van der Waals surface area (Å²) in [7, 11) is 0. The van der Waals surface area contributed by atoms with E-state index in [1.54, 1.807) is 6.07 Å². The molecule has 2 aromatic carbocycles. The minimum Gasteiger partial charge on any atom is -0.490 e. The van der Waals surface area contributed by atoms with Crippen LogP contribution >= 0.6 is 12.4 Å². The lowest BCUT2D eigenvalue weighted by atomic mass is 10.1. The van der Waals surface area contributed by atoms with Gasteiger partial charge in [-0.1, -0.05) is 12.1 Å². The van der Waals surface area contributed by atoms with Crippen LogP contribution < -0.4 is 20.7 Å². The van der Waals surface area contributed by atoms with Crippen molar-refractivity contribution in [1.29, 1.82) is 0 Å². The van der Waals surface area contributed by atoms with Crippen molar-refractivity contribution in [3.63, 3.8) is 0 Å². The lowest BCUT2D eigenvalue weighted by molar-refractivity contribution is 0.0985. The first-order chi connectivity index (χ1) is 16.6. The van der Waals surface area contributed by atoms with Crippen molar-refractivity contribution >= 4 is 46.9 Å². The number of amides is 2. The Bertz CT molecular complexity index is 1310. The maximum absolute atomic E-state index is 12.9. The molecule has 0 atom stereocenters. The number of carbonyl (C=O) groups excluding carboxylic acids is 2. The molecule has 0 spiro atoms. The summed E-state index contributed by atoms with van der Waals surface area (Å²) in [5.74, 6) is 0.0377. The zero-order chi connectivity index (χ0) is 23.5. The average molecular weight is 496 g/mol. The molecule has 0 unspecified atom stereocenters. The highest BCUT2D eigenvalue weighted by Gasteiger charge is 2.22. The van der Waals surface area contributed by atoms with E-state index >= 15 is 0 Å². The number of aromatic amines is 2. The van der Waals surface area contributed by atoms with E-state index in [1.807, 2.05) is 43.3 Å². The van der Waals surface area contributed by atoms with Gasteiger partial charge in [0.15, 0.2) is 5.69 Å². The number of carbonyl (C=O) groups is 2. The van der Waals surface area contributed by atoms with Crippen LogP contribution in [0.2, 0.25) is 0 Å². The van der Waals surface area contributed by atoms with Crippen LogP contribution in [0.1, 0.15) is 39.4 Å². The summed E-state index contributed by atoms with van der Waals surface area (Å²) in [6, 6.07) is 13.0. The minimum atomic E-state index is -0.524. The first-order valence-electron chi connectivity index (χ1n) is 11.2. The second kappa shape index (κ2) is 10.6. The van der Waals surface area contributed by atoms with Gasteiger partial charge in [-0.15, -0.1) is 12.4 Å². The number of rotatable bonds is 6. The molecule has 4 aromatic rings. The summed E-state index contributed by atoms with van der Waals surface area (Å²) in [4.78, 5) is 39.9. The van der Waals surface area contributed by atoms with Gasteiger partial charge in [0.25, 0.3) is 11.8 Å². The van der Waals surface area contributed by atoms with Crippen molar-refractivity contribution in [1.82, 2.24) is 25.3 Å². The molecular weight excluding hydrogens is 470 g/mol. The summed E-state index contributed by atoms with van der Waals surface area (Å²) in [5.41, 5.74) is 3.02. The van der Waals surface area contributed by atoms with E-state index in [4.69, 9.17) is 4.74 Å². The van der Waals surface area contributed by atoms with Crippen LogP contribution in [-0.2, 0) is 0 Å².